The second kappa shape index (κ2) is 17.8. The van der Waals surface area contributed by atoms with Gasteiger partial charge in [0.1, 0.15) is 6.10 Å². The molecule has 1 aliphatic carbocycles. The molecule has 0 aromatic heterocycles. The third-order valence-corrected chi connectivity index (χ3v) is 15.6. The first-order valence-electron chi connectivity index (χ1n) is 18.1. The van der Waals surface area contributed by atoms with Crippen LogP contribution in [-0.2, 0) is 14.0 Å². The van der Waals surface area contributed by atoms with Gasteiger partial charge in [-0.25, -0.2) is 4.79 Å². The molecule has 0 heterocycles. The van der Waals surface area contributed by atoms with Gasteiger partial charge in [-0.15, -0.1) is 0 Å². The standard InChI is InChI=1S/C40H62O6Si/c1-8-9-13-20-33(46-47(6,7)39(2,3)4)26-27-34-35(41)29-36(40(34,5)28-17-11-10-16-21-37(42)43)45-38(44)32-24-22-31(23-25-32)30-18-14-12-15-19-30/h12,14-15,18-19,22-25,33-36,41H,8-11,13,16-17,20-21,26-29H2,1-7H3,(H,42,43)/t33-,34-,35?,36-,40+/m0/s1. The largest absolute Gasteiger partial charge is 0.481 e. The molecule has 47 heavy (non-hydrogen) atoms. The van der Waals surface area contributed by atoms with Gasteiger partial charge in [-0.1, -0.05) is 116 Å². The highest BCUT2D eigenvalue weighted by Gasteiger charge is 2.53. The van der Waals surface area contributed by atoms with Crippen LogP contribution in [0.3, 0.4) is 0 Å². The Morgan fingerprint density at radius 2 is 1.55 bits per heavy atom. The van der Waals surface area contributed by atoms with Crippen molar-refractivity contribution in [3.05, 3.63) is 60.2 Å². The van der Waals surface area contributed by atoms with E-state index >= 15 is 0 Å². The lowest BCUT2D eigenvalue weighted by atomic mass is 9.71. The summed E-state index contributed by atoms with van der Waals surface area (Å²) >= 11 is 0. The first-order valence-corrected chi connectivity index (χ1v) is 21.0. The van der Waals surface area contributed by atoms with Crippen molar-refractivity contribution < 1.29 is 29.0 Å². The van der Waals surface area contributed by atoms with Crippen molar-refractivity contribution >= 4 is 20.3 Å². The second-order valence-corrected chi connectivity index (χ2v) is 20.4. The van der Waals surface area contributed by atoms with Crippen LogP contribution in [0.25, 0.3) is 11.1 Å². The number of ether oxygens (including phenoxy) is 1. The minimum absolute atomic E-state index is 0.0172. The van der Waals surface area contributed by atoms with E-state index in [4.69, 9.17) is 14.3 Å². The smallest absolute Gasteiger partial charge is 0.338 e. The summed E-state index contributed by atoms with van der Waals surface area (Å²) < 4.78 is 13.3. The number of carboxylic acids is 1. The first-order chi connectivity index (χ1) is 22.2. The molecule has 5 atom stereocenters. The molecule has 1 unspecified atom stereocenters. The van der Waals surface area contributed by atoms with Gasteiger partial charge in [0.05, 0.1) is 11.7 Å². The fourth-order valence-corrected chi connectivity index (χ4v) is 8.41. The number of aliphatic carboxylic acids is 1. The molecule has 0 saturated heterocycles. The fourth-order valence-electron chi connectivity index (χ4n) is 6.99. The van der Waals surface area contributed by atoms with Crippen LogP contribution >= 0.6 is 0 Å². The quantitative estimate of drug-likeness (QED) is 0.0880. The molecule has 6 nitrogen and oxygen atoms in total. The van der Waals surface area contributed by atoms with Crippen molar-refractivity contribution in [2.24, 2.45) is 11.3 Å². The molecule has 0 spiro atoms. The maximum atomic E-state index is 13.5. The molecule has 1 fully saturated rings. The minimum Gasteiger partial charge on any atom is -0.481 e. The zero-order chi connectivity index (χ0) is 34.7. The zero-order valence-corrected chi connectivity index (χ0v) is 31.2. The number of aliphatic hydroxyl groups excluding tert-OH is 1. The van der Waals surface area contributed by atoms with Crippen molar-refractivity contribution in [1.29, 1.82) is 0 Å². The lowest BCUT2D eigenvalue weighted by Gasteiger charge is -2.41. The summed E-state index contributed by atoms with van der Waals surface area (Å²) in [5.41, 5.74) is 2.25. The van der Waals surface area contributed by atoms with E-state index in [2.05, 4.69) is 47.7 Å². The Labute approximate surface area is 285 Å². The molecular weight excluding hydrogens is 605 g/mol. The average Bonchev–Trinajstić information content (AvgIpc) is 3.25. The van der Waals surface area contributed by atoms with Crippen LogP contribution in [0.15, 0.2) is 54.6 Å². The minimum atomic E-state index is -1.97. The van der Waals surface area contributed by atoms with Gasteiger partial charge in [0, 0.05) is 24.4 Å². The topological polar surface area (TPSA) is 93.1 Å². The summed E-state index contributed by atoms with van der Waals surface area (Å²) in [5.74, 6) is -1.13. The number of rotatable bonds is 19. The van der Waals surface area contributed by atoms with Crippen molar-refractivity contribution in [3.8, 4) is 11.1 Å². The molecule has 1 aliphatic rings. The number of benzene rings is 2. The summed E-state index contributed by atoms with van der Waals surface area (Å²) in [6, 6.07) is 17.6. The highest BCUT2D eigenvalue weighted by atomic mass is 28.4. The Balaban J connectivity index is 1.77. The summed E-state index contributed by atoms with van der Waals surface area (Å²) in [6.07, 6.45) is 10.2. The molecule has 0 aliphatic heterocycles. The number of unbranched alkanes of at least 4 members (excludes halogenated alkanes) is 5. The van der Waals surface area contributed by atoms with E-state index in [1.807, 2.05) is 54.6 Å². The van der Waals surface area contributed by atoms with Crippen molar-refractivity contribution in [3.63, 3.8) is 0 Å². The third kappa shape index (κ3) is 11.3. The molecule has 0 radical (unpaired) electrons. The Hall–Kier alpha value is -2.48. The molecule has 0 bridgehead atoms. The van der Waals surface area contributed by atoms with Crippen LogP contribution in [0, 0.1) is 11.3 Å². The predicted molar refractivity (Wildman–Crippen MR) is 194 cm³/mol. The zero-order valence-electron chi connectivity index (χ0n) is 30.2. The number of aliphatic hydroxyl groups is 1. The van der Waals surface area contributed by atoms with Gasteiger partial charge in [0.25, 0.3) is 0 Å². The first kappa shape index (κ1) is 39.0. The van der Waals surface area contributed by atoms with Gasteiger partial charge in [-0.3, -0.25) is 4.79 Å². The van der Waals surface area contributed by atoms with Crippen LogP contribution in [0.1, 0.15) is 128 Å². The summed E-state index contributed by atoms with van der Waals surface area (Å²) in [6.45, 7) is 15.9. The van der Waals surface area contributed by atoms with E-state index in [1.165, 1.54) is 12.8 Å². The predicted octanol–water partition coefficient (Wildman–Crippen LogP) is 10.4. The molecule has 2 aromatic rings. The number of carboxylic acid groups (broad SMARTS) is 1. The second-order valence-electron chi connectivity index (χ2n) is 15.6. The number of carbonyl (C=O) groups excluding carboxylic acids is 1. The van der Waals surface area contributed by atoms with Crippen molar-refractivity contribution in [1.82, 2.24) is 0 Å². The number of hydrogen-bond donors (Lipinski definition) is 2. The summed E-state index contributed by atoms with van der Waals surface area (Å²) in [7, 11) is -1.97. The van der Waals surface area contributed by atoms with Gasteiger partial charge in [-0.05, 0) is 79.4 Å². The van der Waals surface area contributed by atoms with E-state index in [0.717, 1.165) is 62.5 Å². The number of esters is 1. The number of carbonyl (C=O) groups is 2. The van der Waals surface area contributed by atoms with Crippen LogP contribution < -0.4 is 0 Å². The summed E-state index contributed by atoms with van der Waals surface area (Å²) in [4.78, 5) is 24.5. The Bertz CT molecular complexity index is 1240. The molecule has 262 valence electrons. The molecule has 3 rings (SSSR count). The van der Waals surface area contributed by atoms with Gasteiger partial charge in [0.2, 0.25) is 0 Å². The fraction of sp³-hybridized carbons (Fsp3) is 0.650. The Kier molecular flexibility index (Phi) is 14.7. The molecule has 1 saturated carbocycles. The van der Waals surface area contributed by atoms with Gasteiger partial charge in [0.15, 0.2) is 8.32 Å². The van der Waals surface area contributed by atoms with Crippen LogP contribution in [-0.4, -0.2) is 48.8 Å². The van der Waals surface area contributed by atoms with Crippen LogP contribution in [0.4, 0.5) is 0 Å². The van der Waals surface area contributed by atoms with Crippen LogP contribution in [0.2, 0.25) is 18.1 Å². The normalized spacial score (nSPS) is 22.3. The Morgan fingerprint density at radius 1 is 0.915 bits per heavy atom. The van der Waals surface area contributed by atoms with E-state index in [9.17, 15) is 14.7 Å². The van der Waals surface area contributed by atoms with Crippen molar-refractivity contribution in [2.45, 2.75) is 155 Å². The average molecular weight is 667 g/mol. The SMILES string of the molecule is CCCCC[C@@H](CC[C@H]1C(O)C[C@H](OC(=O)c2ccc(-c3ccccc3)cc2)[C@]1(C)CCCCCCC(=O)O)O[Si](C)(C)C(C)(C)C. The van der Waals surface area contributed by atoms with E-state index in [-0.39, 0.29) is 29.5 Å². The van der Waals surface area contributed by atoms with Gasteiger partial charge in [-0.2, -0.15) is 0 Å². The maximum absolute atomic E-state index is 13.5. The lowest BCUT2D eigenvalue weighted by molar-refractivity contribution is -0.137. The molecule has 2 N–H and O–H groups in total. The van der Waals surface area contributed by atoms with Gasteiger partial charge >= 0.3 is 11.9 Å². The monoisotopic (exact) mass is 666 g/mol. The van der Waals surface area contributed by atoms with E-state index in [1.54, 1.807) is 0 Å². The molecule has 7 heteroatoms. The number of hydrogen-bond acceptors (Lipinski definition) is 5. The highest BCUT2D eigenvalue weighted by Crippen LogP contribution is 2.51. The van der Waals surface area contributed by atoms with Crippen molar-refractivity contribution in [2.75, 3.05) is 0 Å². The van der Waals surface area contributed by atoms with E-state index in [0.29, 0.717) is 18.4 Å². The molecule has 2 aromatic carbocycles. The molecule has 0 amide bonds. The van der Waals surface area contributed by atoms with Gasteiger partial charge < -0.3 is 19.4 Å². The van der Waals surface area contributed by atoms with Crippen LogP contribution in [0.5, 0.6) is 0 Å². The Morgan fingerprint density at radius 3 is 2.17 bits per heavy atom. The summed E-state index contributed by atoms with van der Waals surface area (Å²) in [5, 5.41) is 20.7. The third-order valence-electron chi connectivity index (χ3n) is 11.0. The highest BCUT2D eigenvalue weighted by molar-refractivity contribution is 6.74. The van der Waals surface area contributed by atoms with E-state index < -0.39 is 31.9 Å². The lowest BCUT2D eigenvalue weighted by Crippen LogP contribution is -2.44. The maximum Gasteiger partial charge on any atom is 0.338 e. The molecular formula is C40H62O6Si.